The van der Waals surface area contributed by atoms with Gasteiger partial charge in [-0.25, -0.2) is 0 Å². The Balaban J connectivity index is 0.900. The van der Waals surface area contributed by atoms with Crippen molar-refractivity contribution in [3.63, 3.8) is 0 Å². The lowest BCUT2D eigenvalue weighted by molar-refractivity contribution is 0.0854. The van der Waals surface area contributed by atoms with Crippen molar-refractivity contribution in [3.05, 3.63) is 94.0 Å². The molecule has 0 saturated heterocycles. The molecule has 2 N–H and O–H groups in total. The van der Waals surface area contributed by atoms with Gasteiger partial charge in [0.05, 0.1) is 60.0 Å². The molecular weight excluding hydrogens is 726 g/mol. The number of nitrogens with zero attached hydrogens (tertiary/aromatic N) is 1. The van der Waals surface area contributed by atoms with Crippen molar-refractivity contribution in [1.82, 2.24) is 5.32 Å². The van der Waals surface area contributed by atoms with E-state index in [4.69, 9.17) is 49.6 Å². The Kier molecular flexibility index (Phi) is 13.3. The lowest BCUT2D eigenvalue weighted by Crippen LogP contribution is -2.38. The third-order valence-electron chi connectivity index (χ3n) is 9.60. The zero-order chi connectivity index (χ0) is 38.7. The molecule has 0 bridgehead atoms. The van der Waals surface area contributed by atoms with Crippen molar-refractivity contribution in [3.8, 4) is 40.2 Å². The normalized spacial score (nSPS) is 15.8. The maximum absolute atomic E-state index is 12.7. The van der Waals surface area contributed by atoms with Gasteiger partial charge in [-0.3, -0.25) is 4.79 Å². The van der Waals surface area contributed by atoms with Gasteiger partial charge in [0.2, 0.25) is 5.75 Å². The number of amides is 1. The number of benzene rings is 4. The molecule has 2 atom stereocenters. The summed E-state index contributed by atoms with van der Waals surface area (Å²) in [5.74, 6) is 4.09. The van der Waals surface area contributed by atoms with Gasteiger partial charge in [0.1, 0.15) is 6.17 Å². The second-order valence-electron chi connectivity index (χ2n) is 13.1. The van der Waals surface area contributed by atoms with Crippen LogP contribution in [0.15, 0.2) is 71.9 Å². The molecule has 55 heavy (non-hydrogen) atoms. The molecule has 0 aromatic heterocycles. The monoisotopic (exact) mass is 773 g/mol. The van der Waals surface area contributed by atoms with Gasteiger partial charge in [0.25, 0.3) is 5.91 Å². The van der Waals surface area contributed by atoms with Crippen LogP contribution in [0.5, 0.6) is 40.2 Å². The molecule has 292 valence electrons. The van der Waals surface area contributed by atoms with E-state index in [2.05, 4.69) is 15.8 Å². The number of hydrogen-bond acceptors (Lipinski definition) is 11. The first-order chi connectivity index (χ1) is 26.8. The Bertz CT molecular complexity index is 1960. The fourth-order valence-electron chi connectivity index (χ4n) is 6.64. The number of nitrogens with one attached hydrogen (secondary N) is 2. The van der Waals surface area contributed by atoms with Gasteiger partial charge < -0.3 is 48.6 Å². The van der Waals surface area contributed by atoms with Crippen molar-refractivity contribution < 1.29 is 42.8 Å². The number of hydrogen-bond donors (Lipinski definition) is 2. The van der Waals surface area contributed by atoms with E-state index >= 15 is 0 Å². The molecular formula is C42H48ClN3O9. The van der Waals surface area contributed by atoms with Crippen molar-refractivity contribution in [2.75, 3.05) is 54.1 Å². The van der Waals surface area contributed by atoms with Crippen molar-refractivity contribution in [1.29, 1.82) is 0 Å². The van der Waals surface area contributed by atoms with Crippen LogP contribution in [0.4, 0.5) is 5.69 Å². The second-order valence-corrected chi connectivity index (χ2v) is 13.6. The summed E-state index contributed by atoms with van der Waals surface area (Å²) < 4.78 is 39.9. The topological polar surface area (TPSA) is 127 Å². The number of fused-ring (bicyclic) bond motifs is 1. The average Bonchev–Trinajstić information content (AvgIpc) is 3.71. The first-order valence-corrected chi connectivity index (χ1v) is 18.7. The summed E-state index contributed by atoms with van der Waals surface area (Å²) in [6, 6.07) is 20.5. The standard InChI is InChI=1S/C42H48ClN3O9/c1-48-33-16-12-26(35-25-32(46-55-35)28-22-38(50-3)40(52-5)39(23-28)51-4)20-37(33)54-19-11-9-7-6-8-10-18-53-34-17-13-27(21-36(34)49-2)41-44-31-15-14-29(43)24-30(31)42(47)45-41/h12-17,20-24,35,41,44H,6-11,18-19,25H2,1-5H3,(H,45,47). The molecule has 0 saturated carbocycles. The molecule has 0 aliphatic carbocycles. The summed E-state index contributed by atoms with van der Waals surface area (Å²) in [6.45, 7) is 1.17. The van der Waals surface area contributed by atoms with E-state index in [9.17, 15) is 4.79 Å². The largest absolute Gasteiger partial charge is 0.493 e. The number of ether oxygens (including phenoxy) is 7. The summed E-state index contributed by atoms with van der Waals surface area (Å²) in [7, 11) is 8.01. The van der Waals surface area contributed by atoms with Gasteiger partial charge in [-0.05, 0) is 78.6 Å². The molecule has 2 heterocycles. The second kappa shape index (κ2) is 18.7. The fraction of sp³-hybridized carbons (Fsp3) is 0.381. The first kappa shape index (κ1) is 39.2. The van der Waals surface area contributed by atoms with Crippen molar-refractivity contribution in [2.45, 2.75) is 57.2 Å². The number of carbonyl (C=O) groups is 1. The van der Waals surface area contributed by atoms with Crippen LogP contribution in [-0.2, 0) is 4.84 Å². The molecule has 4 aromatic carbocycles. The van der Waals surface area contributed by atoms with Gasteiger partial charge in [0, 0.05) is 22.7 Å². The highest BCUT2D eigenvalue weighted by Gasteiger charge is 2.28. The maximum atomic E-state index is 12.7. The van der Waals surface area contributed by atoms with Gasteiger partial charge in [-0.15, -0.1) is 0 Å². The molecule has 0 spiro atoms. The Hall–Kier alpha value is -5.49. The van der Waals surface area contributed by atoms with Crippen LogP contribution >= 0.6 is 11.6 Å². The van der Waals surface area contributed by atoms with Crippen LogP contribution in [0.2, 0.25) is 5.02 Å². The third kappa shape index (κ3) is 9.43. The number of unbranched alkanes of at least 4 members (excludes halogenated alkanes) is 5. The highest BCUT2D eigenvalue weighted by atomic mass is 35.5. The summed E-state index contributed by atoms with van der Waals surface area (Å²) in [6.07, 6.45) is 6.07. The maximum Gasteiger partial charge on any atom is 0.255 e. The fourth-order valence-corrected chi connectivity index (χ4v) is 6.81. The number of oxime groups is 1. The first-order valence-electron chi connectivity index (χ1n) is 18.4. The number of halogens is 1. The molecule has 2 aliphatic heterocycles. The zero-order valence-electron chi connectivity index (χ0n) is 31.9. The predicted octanol–water partition coefficient (Wildman–Crippen LogP) is 8.90. The average molecular weight is 774 g/mol. The number of rotatable bonds is 19. The van der Waals surface area contributed by atoms with Crippen LogP contribution in [0.1, 0.15) is 84.3 Å². The number of methoxy groups -OCH3 is 5. The van der Waals surface area contributed by atoms with Gasteiger partial charge >= 0.3 is 0 Å². The molecule has 4 aromatic rings. The number of carbonyl (C=O) groups excluding carboxylic acids is 1. The minimum atomic E-state index is -0.403. The summed E-state index contributed by atoms with van der Waals surface area (Å²) in [4.78, 5) is 18.5. The molecule has 2 unspecified atom stereocenters. The van der Waals surface area contributed by atoms with E-state index in [1.165, 1.54) is 0 Å². The minimum absolute atomic E-state index is 0.186. The SMILES string of the molecule is COc1cc(C2NC(=O)c3cc(Cl)ccc3N2)ccc1OCCCCCCCCOc1cc(C2CC(c3cc(OC)c(OC)c(OC)c3)=NO2)ccc1OC. The van der Waals surface area contributed by atoms with E-state index in [1.54, 1.807) is 47.7 Å². The zero-order valence-corrected chi connectivity index (χ0v) is 32.6. The van der Waals surface area contributed by atoms with Crippen LogP contribution in [0, 0.1) is 0 Å². The Morgan fingerprint density at radius 3 is 1.95 bits per heavy atom. The van der Waals surface area contributed by atoms with E-state index in [0.717, 1.165) is 66.6 Å². The number of anilines is 1. The van der Waals surface area contributed by atoms with Crippen LogP contribution in [-0.4, -0.2) is 60.4 Å². The highest BCUT2D eigenvalue weighted by Crippen LogP contribution is 2.41. The summed E-state index contributed by atoms with van der Waals surface area (Å²) in [5, 5.41) is 11.2. The molecule has 0 radical (unpaired) electrons. The molecule has 2 aliphatic rings. The Morgan fingerprint density at radius 2 is 1.27 bits per heavy atom. The third-order valence-corrected chi connectivity index (χ3v) is 9.84. The molecule has 0 fully saturated rings. The van der Waals surface area contributed by atoms with E-state index < -0.39 is 6.17 Å². The van der Waals surface area contributed by atoms with Crippen molar-refractivity contribution >= 4 is 28.9 Å². The van der Waals surface area contributed by atoms with Gasteiger partial charge in [0.15, 0.2) is 40.6 Å². The highest BCUT2D eigenvalue weighted by molar-refractivity contribution is 6.31. The lowest BCUT2D eigenvalue weighted by atomic mass is 9.99. The van der Waals surface area contributed by atoms with E-state index in [-0.39, 0.29) is 12.0 Å². The van der Waals surface area contributed by atoms with Gasteiger partial charge in [-0.1, -0.05) is 54.6 Å². The van der Waals surface area contributed by atoms with Crippen LogP contribution in [0.3, 0.4) is 0 Å². The van der Waals surface area contributed by atoms with E-state index in [1.807, 2.05) is 54.6 Å². The van der Waals surface area contributed by atoms with E-state index in [0.29, 0.717) is 70.5 Å². The van der Waals surface area contributed by atoms with Crippen molar-refractivity contribution in [2.24, 2.45) is 5.16 Å². The summed E-state index contributed by atoms with van der Waals surface area (Å²) >= 11 is 6.07. The van der Waals surface area contributed by atoms with Crippen LogP contribution in [0.25, 0.3) is 0 Å². The predicted molar refractivity (Wildman–Crippen MR) is 211 cm³/mol. The van der Waals surface area contributed by atoms with Crippen LogP contribution < -0.4 is 43.8 Å². The molecule has 13 heteroatoms. The Morgan fingerprint density at radius 1 is 0.655 bits per heavy atom. The summed E-state index contributed by atoms with van der Waals surface area (Å²) in [5.41, 5.74) is 4.67. The molecule has 12 nitrogen and oxygen atoms in total. The van der Waals surface area contributed by atoms with Gasteiger partial charge in [-0.2, -0.15) is 0 Å². The molecule has 6 rings (SSSR count). The Labute approximate surface area is 326 Å². The smallest absolute Gasteiger partial charge is 0.255 e. The molecule has 1 amide bonds. The minimum Gasteiger partial charge on any atom is -0.493 e. The quantitative estimate of drug-likeness (QED) is 0.0892. The lowest BCUT2D eigenvalue weighted by Gasteiger charge is -2.28.